The molecule has 0 saturated carbocycles. The van der Waals surface area contributed by atoms with Crippen LogP contribution in [0.4, 0.5) is 0 Å². The Morgan fingerprint density at radius 1 is 1.47 bits per heavy atom. The van der Waals surface area contributed by atoms with E-state index < -0.39 is 0 Å². The smallest absolute Gasteiger partial charge is 0.253 e. The van der Waals surface area contributed by atoms with Crippen molar-refractivity contribution in [2.45, 2.75) is 13.0 Å². The largest absolute Gasteiger partial charge is 0.336 e. The van der Waals surface area contributed by atoms with E-state index in [1.54, 1.807) is 24.3 Å². The first-order chi connectivity index (χ1) is 8.20. The van der Waals surface area contributed by atoms with Crippen molar-refractivity contribution in [1.29, 1.82) is 5.26 Å². The van der Waals surface area contributed by atoms with E-state index in [2.05, 4.69) is 12.2 Å². The molecule has 1 atom stereocenters. The third-order valence-electron chi connectivity index (χ3n) is 2.92. The van der Waals surface area contributed by atoms with Gasteiger partial charge in [0.2, 0.25) is 0 Å². The van der Waals surface area contributed by atoms with Crippen molar-refractivity contribution in [3.63, 3.8) is 0 Å². The number of rotatable bonds is 1. The Morgan fingerprint density at radius 3 is 2.76 bits per heavy atom. The maximum Gasteiger partial charge on any atom is 0.253 e. The number of carbonyl (C=O) groups is 1. The third kappa shape index (κ3) is 2.63. The Labute approximate surface area is 101 Å². The minimum Gasteiger partial charge on any atom is -0.336 e. The monoisotopic (exact) mass is 229 g/mol. The molecular weight excluding hydrogens is 214 g/mol. The van der Waals surface area contributed by atoms with Gasteiger partial charge in [0.05, 0.1) is 11.6 Å². The van der Waals surface area contributed by atoms with Crippen LogP contribution in [-0.2, 0) is 0 Å². The lowest BCUT2D eigenvalue weighted by atomic mass is 10.1. The molecule has 2 rings (SSSR count). The first-order valence-corrected chi connectivity index (χ1v) is 5.73. The number of benzene rings is 1. The predicted octanol–water partition coefficient (Wildman–Crippen LogP) is 0.992. The quantitative estimate of drug-likeness (QED) is 0.781. The lowest BCUT2D eigenvalue weighted by molar-refractivity contribution is 0.0709. The number of carbonyl (C=O) groups excluding carboxylic acids is 1. The zero-order valence-corrected chi connectivity index (χ0v) is 9.81. The maximum absolute atomic E-state index is 12.2. The molecule has 0 bridgehead atoms. The SMILES string of the molecule is CC1CN(C(=O)c2ccc(C#N)cc2)CCN1. The second-order valence-electron chi connectivity index (χ2n) is 4.30. The second-order valence-corrected chi connectivity index (χ2v) is 4.30. The Kier molecular flexibility index (Phi) is 3.40. The summed E-state index contributed by atoms with van der Waals surface area (Å²) in [6.07, 6.45) is 0. The van der Waals surface area contributed by atoms with Gasteiger partial charge >= 0.3 is 0 Å². The molecule has 1 fully saturated rings. The molecule has 0 aliphatic carbocycles. The number of nitrogens with one attached hydrogen (secondary N) is 1. The number of hydrogen-bond acceptors (Lipinski definition) is 3. The molecule has 0 spiro atoms. The van der Waals surface area contributed by atoms with E-state index in [9.17, 15) is 4.79 Å². The minimum absolute atomic E-state index is 0.0443. The van der Waals surface area contributed by atoms with Gasteiger partial charge in [-0.15, -0.1) is 0 Å². The summed E-state index contributed by atoms with van der Waals surface area (Å²) in [7, 11) is 0. The highest BCUT2D eigenvalue weighted by molar-refractivity contribution is 5.94. The first kappa shape index (κ1) is 11.6. The predicted molar refractivity (Wildman–Crippen MR) is 64.5 cm³/mol. The lowest BCUT2D eigenvalue weighted by Gasteiger charge is -2.31. The van der Waals surface area contributed by atoms with E-state index in [1.807, 2.05) is 11.0 Å². The van der Waals surface area contributed by atoms with Gasteiger partial charge in [0.25, 0.3) is 5.91 Å². The molecule has 0 aromatic heterocycles. The summed E-state index contributed by atoms with van der Waals surface area (Å²) >= 11 is 0. The van der Waals surface area contributed by atoms with Gasteiger partial charge in [0.15, 0.2) is 0 Å². The number of hydrogen-bond donors (Lipinski definition) is 1. The zero-order valence-electron chi connectivity index (χ0n) is 9.81. The molecule has 17 heavy (non-hydrogen) atoms. The number of nitrogens with zero attached hydrogens (tertiary/aromatic N) is 2. The number of amides is 1. The van der Waals surface area contributed by atoms with Crippen molar-refractivity contribution in [2.24, 2.45) is 0 Å². The molecule has 1 heterocycles. The fourth-order valence-electron chi connectivity index (χ4n) is 1.99. The Balaban J connectivity index is 2.11. The molecule has 1 saturated heterocycles. The first-order valence-electron chi connectivity index (χ1n) is 5.73. The van der Waals surface area contributed by atoms with Crippen molar-refractivity contribution < 1.29 is 4.79 Å². The van der Waals surface area contributed by atoms with E-state index in [4.69, 9.17) is 5.26 Å². The van der Waals surface area contributed by atoms with Gasteiger partial charge in [-0.1, -0.05) is 0 Å². The van der Waals surface area contributed by atoms with Crippen molar-refractivity contribution in [3.05, 3.63) is 35.4 Å². The Morgan fingerprint density at radius 2 is 2.18 bits per heavy atom. The lowest BCUT2D eigenvalue weighted by Crippen LogP contribution is -2.51. The van der Waals surface area contributed by atoms with Crippen molar-refractivity contribution >= 4 is 5.91 Å². The van der Waals surface area contributed by atoms with Crippen LogP contribution in [0.25, 0.3) is 0 Å². The highest BCUT2D eigenvalue weighted by atomic mass is 16.2. The van der Waals surface area contributed by atoms with Crippen LogP contribution < -0.4 is 5.32 Å². The van der Waals surface area contributed by atoms with Crippen LogP contribution in [0.5, 0.6) is 0 Å². The van der Waals surface area contributed by atoms with E-state index in [0.717, 1.165) is 19.6 Å². The van der Waals surface area contributed by atoms with Crippen LogP contribution in [0.1, 0.15) is 22.8 Å². The van der Waals surface area contributed by atoms with Crippen LogP contribution in [0.3, 0.4) is 0 Å². The second kappa shape index (κ2) is 4.98. The fraction of sp³-hybridized carbons (Fsp3) is 0.385. The van der Waals surface area contributed by atoms with Gasteiger partial charge in [-0.2, -0.15) is 5.26 Å². The van der Waals surface area contributed by atoms with Crippen LogP contribution >= 0.6 is 0 Å². The van der Waals surface area contributed by atoms with Crippen molar-refractivity contribution in [3.8, 4) is 6.07 Å². The number of piperazine rings is 1. The molecule has 1 amide bonds. The summed E-state index contributed by atoms with van der Waals surface area (Å²) in [5.74, 6) is 0.0443. The third-order valence-corrected chi connectivity index (χ3v) is 2.92. The molecule has 1 aromatic rings. The summed E-state index contributed by atoms with van der Waals surface area (Å²) in [6, 6.07) is 9.17. The van der Waals surface area contributed by atoms with E-state index in [-0.39, 0.29) is 5.91 Å². The van der Waals surface area contributed by atoms with E-state index in [0.29, 0.717) is 17.2 Å². The molecule has 1 aliphatic rings. The summed E-state index contributed by atoms with van der Waals surface area (Å²) in [5, 5.41) is 12.0. The maximum atomic E-state index is 12.2. The van der Waals surface area contributed by atoms with Gasteiger partial charge in [0, 0.05) is 31.2 Å². The summed E-state index contributed by atoms with van der Waals surface area (Å²) in [6.45, 7) is 4.38. The van der Waals surface area contributed by atoms with Gasteiger partial charge in [0.1, 0.15) is 0 Å². The molecular formula is C13H15N3O. The zero-order chi connectivity index (χ0) is 12.3. The molecule has 4 heteroatoms. The van der Waals surface area contributed by atoms with Crippen molar-refractivity contribution in [2.75, 3.05) is 19.6 Å². The molecule has 4 nitrogen and oxygen atoms in total. The fourth-order valence-corrected chi connectivity index (χ4v) is 1.99. The molecule has 1 aliphatic heterocycles. The average molecular weight is 229 g/mol. The molecule has 88 valence electrons. The standard InChI is InChI=1S/C13H15N3O/c1-10-9-16(7-6-15-10)13(17)12-4-2-11(8-14)3-5-12/h2-5,10,15H,6-7,9H2,1H3. The topological polar surface area (TPSA) is 56.1 Å². The van der Waals surface area contributed by atoms with Crippen LogP contribution in [-0.4, -0.2) is 36.5 Å². The summed E-state index contributed by atoms with van der Waals surface area (Å²) in [4.78, 5) is 14.0. The molecule has 0 radical (unpaired) electrons. The van der Waals surface area contributed by atoms with Gasteiger partial charge in [-0.3, -0.25) is 4.79 Å². The van der Waals surface area contributed by atoms with E-state index in [1.165, 1.54) is 0 Å². The summed E-state index contributed by atoms with van der Waals surface area (Å²) in [5.41, 5.74) is 1.23. The number of nitriles is 1. The van der Waals surface area contributed by atoms with Gasteiger partial charge in [-0.25, -0.2) is 0 Å². The highest BCUT2D eigenvalue weighted by Crippen LogP contribution is 2.09. The van der Waals surface area contributed by atoms with E-state index >= 15 is 0 Å². The van der Waals surface area contributed by atoms with Crippen LogP contribution in [0, 0.1) is 11.3 Å². The molecule has 1 unspecified atom stereocenters. The van der Waals surface area contributed by atoms with Crippen LogP contribution in [0.2, 0.25) is 0 Å². The molecule has 1 aromatic carbocycles. The van der Waals surface area contributed by atoms with Gasteiger partial charge < -0.3 is 10.2 Å². The normalized spacial score (nSPS) is 19.8. The van der Waals surface area contributed by atoms with Crippen molar-refractivity contribution in [1.82, 2.24) is 10.2 Å². The summed E-state index contributed by atoms with van der Waals surface area (Å²) < 4.78 is 0. The van der Waals surface area contributed by atoms with Crippen LogP contribution in [0.15, 0.2) is 24.3 Å². The molecule has 1 N–H and O–H groups in total. The minimum atomic E-state index is 0.0443. The highest BCUT2D eigenvalue weighted by Gasteiger charge is 2.21. The van der Waals surface area contributed by atoms with Gasteiger partial charge in [-0.05, 0) is 31.2 Å². The Hall–Kier alpha value is -1.86. The average Bonchev–Trinajstić information content (AvgIpc) is 2.38. The Bertz CT molecular complexity index is 447.